The van der Waals surface area contributed by atoms with Crippen molar-refractivity contribution in [1.29, 1.82) is 0 Å². The second-order valence-electron chi connectivity index (χ2n) is 6.52. The summed E-state index contributed by atoms with van der Waals surface area (Å²) in [4.78, 5) is 0. The molecule has 0 spiro atoms. The predicted octanol–water partition coefficient (Wildman–Crippen LogP) is 5.44. The molecule has 0 saturated heterocycles. The monoisotopic (exact) mass is 294 g/mol. The molecule has 0 bridgehead atoms. The molecule has 1 aromatic carbocycles. The maximum atomic E-state index is 14.2. The minimum atomic E-state index is -0.824. The lowest BCUT2D eigenvalue weighted by Crippen LogP contribution is -2.26. The molecule has 116 valence electrons. The van der Waals surface area contributed by atoms with Crippen LogP contribution in [-0.2, 0) is 0 Å². The Labute approximate surface area is 125 Å². The number of rotatable bonds is 4. The molecule has 0 amide bonds. The van der Waals surface area contributed by atoms with Gasteiger partial charge in [0.25, 0.3) is 0 Å². The van der Waals surface area contributed by atoms with Crippen LogP contribution in [0.2, 0.25) is 0 Å². The van der Waals surface area contributed by atoms with Crippen LogP contribution in [0.15, 0.2) is 12.1 Å². The van der Waals surface area contributed by atoms with E-state index in [4.69, 9.17) is 4.74 Å². The SMILES string of the molecule is CCOc1ccc(C2CCC(C3CCC3)CC2)c(F)c1F. The summed E-state index contributed by atoms with van der Waals surface area (Å²) < 4.78 is 33.3. The van der Waals surface area contributed by atoms with E-state index in [1.807, 2.05) is 0 Å². The molecule has 1 aromatic rings. The highest BCUT2D eigenvalue weighted by Crippen LogP contribution is 2.45. The summed E-state index contributed by atoms with van der Waals surface area (Å²) in [5.41, 5.74) is 0.544. The van der Waals surface area contributed by atoms with Crippen LogP contribution < -0.4 is 4.74 Å². The van der Waals surface area contributed by atoms with Crippen molar-refractivity contribution in [3.8, 4) is 5.75 Å². The van der Waals surface area contributed by atoms with Gasteiger partial charge < -0.3 is 4.74 Å². The quantitative estimate of drug-likeness (QED) is 0.718. The number of halogens is 2. The summed E-state index contributed by atoms with van der Waals surface area (Å²) in [6, 6.07) is 3.30. The van der Waals surface area contributed by atoms with E-state index in [1.54, 1.807) is 19.1 Å². The molecule has 0 aliphatic heterocycles. The zero-order chi connectivity index (χ0) is 14.8. The fraction of sp³-hybridized carbons (Fsp3) is 0.667. The van der Waals surface area contributed by atoms with Crippen LogP contribution in [0.4, 0.5) is 8.78 Å². The molecule has 21 heavy (non-hydrogen) atoms. The van der Waals surface area contributed by atoms with Crippen molar-refractivity contribution in [1.82, 2.24) is 0 Å². The van der Waals surface area contributed by atoms with Crippen molar-refractivity contribution >= 4 is 0 Å². The molecule has 2 aliphatic rings. The molecule has 0 radical (unpaired) electrons. The van der Waals surface area contributed by atoms with E-state index in [2.05, 4.69) is 0 Å². The predicted molar refractivity (Wildman–Crippen MR) is 79.6 cm³/mol. The Morgan fingerprint density at radius 2 is 1.62 bits per heavy atom. The molecular formula is C18H24F2O. The first-order valence-electron chi connectivity index (χ1n) is 8.31. The Kier molecular flexibility index (Phi) is 4.46. The van der Waals surface area contributed by atoms with Crippen molar-refractivity contribution in [3.63, 3.8) is 0 Å². The van der Waals surface area contributed by atoms with Crippen LogP contribution in [0.5, 0.6) is 5.75 Å². The first kappa shape index (κ1) is 14.8. The summed E-state index contributed by atoms with van der Waals surface area (Å²) >= 11 is 0. The van der Waals surface area contributed by atoms with Crippen LogP contribution in [0.1, 0.15) is 63.4 Å². The summed E-state index contributed by atoms with van der Waals surface area (Å²) in [7, 11) is 0. The lowest BCUT2D eigenvalue weighted by molar-refractivity contribution is 0.153. The Morgan fingerprint density at radius 3 is 2.19 bits per heavy atom. The van der Waals surface area contributed by atoms with Crippen LogP contribution in [0, 0.1) is 23.5 Å². The van der Waals surface area contributed by atoms with Crippen molar-refractivity contribution in [2.75, 3.05) is 6.61 Å². The summed E-state index contributed by atoms with van der Waals surface area (Å²) in [6.45, 7) is 2.12. The fourth-order valence-electron chi connectivity index (χ4n) is 3.94. The molecule has 1 nitrogen and oxygen atoms in total. The standard InChI is InChI=1S/C18H24F2O/c1-2-21-16-11-10-15(17(19)18(16)20)14-8-6-13(7-9-14)12-4-3-5-12/h10-14H,2-9H2,1H3. The average molecular weight is 294 g/mol. The maximum Gasteiger partial charge on any atom is 0.200 e. The van der Waals surface area contributed by atoms with Gasteiger partial charge in [-0.2, -0.15) is 4.39 Å². The van der Waals surface area contributed by atoms with E-state index in [-0.39, 0.29) is 11.7 Å². The molecule has 0 unspecified atom stereocenters. The highest BCUT2D eigenvalue weighted by atomic mass is 19.2. The zero-order valence-corrected chi connectivity index (χ0v) is 12.7. The van der Waals surface area contributed by atoms with Gasteiger partial charge in [-0.1, -0.05) is 25.3 Å². The molecular weight excluding hydrogens is 270 g/mol. The molecule has 0 N–H and O–H groups in total. The summed E-state index contributed by atoms with van der Waals surface area (Å²) in [5.74, 6) is 0.412. The highest BCUT2D eigenvalue weighted by molar-refractivity contribution is 5.33. The molecule has 2 aliphatic carbocycles. The van der Waals surface area contributed by atoms with Gasteiger partial charge >= 0.3 is 0 Å². The highest BCUT2D eigenvalue weighted by Gasteiger charge is 2.32. The molecule has 0 heterocycles. The van der Waals surface area contributed by atoms with Gasteiger partial charge in [0.05, 0.1) is 6.61 Å². The Hall–Kier alpha value is -1.12. The second-order valence-corrected chi connectivity index (χ2v) is 6.52. The summed E-state index contributed by atoms with van der Waals surface area (Å²) in [6.07, 6.45) is 8.45. The minimum absolute atomic E-state index is 0.0295. The fourth-order valence-corrected chi connectivity index (χ4v) is 3.94. The van der Waals surface area contributed by atoms with Crippen molar-refractivity contribution in [3.05, 3.63) is 29.3 Å². The van der Waals surface area contributed by atoms with Crippen LogP contribution >= 0.6 is 0 Å². The van der Waals surface area contributed by atoms with Gasteiger partial charge in [0.1, 0.15) is 0 Å². The average Bonchev–Trinajstić information content (AvgIpc) is 2.44. The second kappa shape index (κ2) is 6.33. The molecule has 2 fully saturated rings. The Balaban J connectivity index is 1.68. The van der Waals surface area contributed by atoms with Crippen molar-refractivity contribution in [2.24, 2.45) is 11.8 Å². The van der Waals surface area contributed by atoms with E-state index in [1.165, 1.54) is 32.1 Å². The van der Waals surface area contributed by atoms with Crippen molar-refractivity contribution in [2.45, 2.75) is 57.8 Å². The van der Waals surface area contributed by atoms with Crippen LogP contribution in [-0.4, -0.2) is 6.61 Å². The number of ether oxygens (including phenoxy) is 1. The van der Waals surface area contributed by atoms with E-state index in [0.29, 0.717) is 12.2 Å². The van der Waals surface area contributed by atoms with Gasteiger partial charge in [-0.3, -0.25) is 0 Å². The topological polar surface area (TPSA) is 9.23 Å². The molecule has 3 rings (SSSR count). The third kappa shape index (κ3) is 2.93. The number of hydrogen-bond donors (Lipinski definition) is 0. The van der Waals surface area contributed by atoms with E-state index >= 15 is 0 Å². The lowest BCUT2D eigenvalue weighted by atomic mass is 9.67. The van der Waals surface area contributed by atoms with Gasteiger partial charge in [-0.25, -0.2) is 4.39 Å². The Bertz CT molecular complexity index is 488. The maximum absolute atomic E-state index is 14.2. The molecule has 3 heteroatoms. The zero-order valence-electron chi connectivity index (χ0n) is 12.7. The smallest absolute Gasteiger partial charge is 0.200 e. The molecule has 0 aromatic heterocycles. The summed E-state index contributed by atoms with van der Waals surface area (Å²) in [5, 5.41) is 0. The van der Waals surface area contributed by atoms with E-state index in [0.717, 1.165) is 24.7 Å². The Morgan fingerprint density at radius 1 is 0.952 bits per heavy atom. The van der Waals surface area contributed by atoms with Gasteiger partial charge in [0.15, 0.2) is 11.6 Å². The van der Waals surface area contributed by atoms with Crippen LogP contribution in [0.3, 0.4) is 0 Å². The van der Waals surface area contributed by atoms with Gasteiger partial charge in [-0.05, 0) is 62.0 Å². The van der Waals surface area contributed by atoms with E-state index in [9.17, 15) is 8.78 Å². The first-order valence-corrected chi connectivity index (χ1v) is 8.31. The largest absolute Gasteiger partial charge is 0.491 e. The van der Waals surface area contributed by atoms with Crippen molar-refractivity contribution < 1.29 is 13.5 Å². The number of benzene rings is 1. The van der Waals surface area contributed by atoms with E-state index < -0.39 is 11.6 Å². The third-order valence-corrected chi connectivity index (χ3v) is 5.40. The van der Waals surface area contributed by atoms with Gasteiger partial charge in [-0.15, -0.1) is 0 Å². The molecule has 2 saturated carbocycles. The van der Waals surface area contributed by atoms with Gasteiger partial charge in [0.2, 0.25) is 5.82 Å². The third-order valence-electron chi connectivity index (χ3n) is 5.40. The lowest BCUT2D eigenvalue weighted by Gasteiger charge is -2.38. The minimum Gasteiger partial charge on any atom is -0.491 e. The molecule has 0 atom stereocenters. The van der Waals surface area contributed by atoms with Crippen LogP contribution in [0.25, 0.3) is 0 Å². The first-order chi connectivity index (χ1) is 10.2. The number of hydrogen-bond acceptors (Lipinski definition) is 1. The normalized spacial score (nSPS) is 26.4. The van der Waals surface area contributed by atoms with Gasteiger partial charge in [0, 0.05) is 0 Å².